The Morgan fingerprint density at radius 2 is 1.61 bits per heavy atom. The number of aromatic nitrogens is 3. The minimum atomic E-state index is -0.478. The summed E-state index contributed by atoms with van der Waals surface area (Å²) in [5.74, 6) is 1.28. The predicted molar refractivity (Wildman–Crippen MR) is 162 cm³/mol. The summed E-state index contributed by atoms with van der Waals surface area (Å²) in [5.41, 5.74) is 2.21. The van der Waals surface area contributed by atoms with Gasteiger partial charge in [-0.25, -0.2) is 9.37 Å². The number of para-hydroxylation sites is 1. The summed E-state index contributed by atoms with van der Waals surface area (Å²) < 4.78 is 26.5. The van der Waals surface area contributed by atoms with Crippen molar-refractivity contribution >= 4 is 28.4 Å². The molecule has 2 aromatic heterocycles. The molecule has 0 bridgehead atoms. The van der Waals surface area contributed by atoms with Crippen molar-refractivity contribution in [3.8, 4) is 11.5 Å². The van der Waals surface area contributed by atoms with Crippen LogP contribution in [0.25, 0.3) is 10.9 Å². The van der Waals surface area contributed by atoms with Crippen molar-refractivity contribution < 1.29 is 13.9 Å². The topological polar surface area (TPSA) is 75.6 Å². The van der Waals surface area contributed by atoms with Crippen molar-refractivity contribution in [3.63, 3.8) is 0 Å². The first-order valence-electron chi connectivity index (χ1n) is 13.9. The number of ether oxygens (including phenoxy) is 2. The smallest absolute Gasteiger partial charge is 0.229 e. The zero-order chi connectivity index (χ0) is 29.4. The van der Waals surface area contributed by atoms with E-state index in [2.05, 4.69) is 60.9 Å². The van der Waals surface area contributed by atoms with Gasteiger partial charge in [0.25, 0.3) is 0 Å². The Bertz CT molecular complexity index is 1500. The lowest BCUT2D eigenvalue weighted by Gasteiger charge is -2.55. The molecule has 5 rings (SSSR count). The largest absolute Gasteiger partial charge is 0.497 e. The first-order chi connectivity index (χ1) is 19.5. The molecular weight excluding hydrogens is 519 g/mol. The normalized spacial score (nSPS) is 16.9. The molecule has 0 radical (unpaired) electrons. The van der Waals surface area contributed by atoms with Crippen molar-refractivity contribution in [3.05, 3.63) is 72.3 Å². The van der Waals surface area contributed by atoms with E-state index in [0.29, 0.717) is 23.7 Å². The van der Waals surface area contributed by atoms with Crippen LogP contribution >= 0.6 is 0 Å². The number of nitrogens with one attached hydrogen (secondary N) is 1. The summed E-state index contributed by atoms with van der Waals surface area (Å²) >= 11 is 0. The number of likely N-dealkylation sites (tertiary alicyclic amines) is 1. The van der Waals surface area contributed by atoms with Gasteiger partial charge in [0, 0.05) is 46.4 Å². The molecule has 1 saturated heterocycles. The summed E-state index contributed by atoms with van der Waals surface area (Å²) in [7, 11) is 5.35. The first kappa shape index (κ1) is 28.5. The van der Waals surface area contributed by atoms with E-state index in [4.69, 9.17) is 19.4 Å². The third-order valence-electron chi connectivity index (χ3n) is 8.32. The number of hydrogen-bond acceptors (Lipinski definition) is 8. The lowest BCUT2D eigenvalue weighted by molar-refractivity contribution is -0.0132. The minimum Gasteiger partial charge on any atom is -0.497 e. The molecule has 216 valence electrons. The summed E-state index contributed by atoms with van der Waals surface area (Å²) in [4.78, 5) is 18.4. The summed E-state index contributed by atoms with van der Waals surface area (Å²) in [6, 6.07) is 17.5. The zero-order valence-corrected chi connectivity index (χ0v) is 24.9. The van der Waals surface area contributed by atoms with Crippen LogP contribution in [-0.4, -0.2) is 58.2 Å². The second-order valence-corrected chi connectivity index (χ2v) is 12.0. The molecular formula is C32H39FN6O2. The highest BCUT2D eigenvalue weighted by molar-refractivity contribution is 5.78. The van der Waals surface area contributed by atoms with Crippen molar-refractivity contribution in [2.45, 2.75) is 64.2 Å². The van der Waals surface area contributed by atoms with E-state index < -0.39 is 5.82 Å². The van der Waals surface area contributed by atoms with Crippen LogP contribution in [0, 0.1) is 5.82 Å². The highest BCUT2D eigenvalue weighted by Crippen LogP contribution is 2.41. The average molecular weight is 559 g/mol. The van der Waals surface area contributed by atoms with Gasteiger partial charge in [-0.3, -0.25) is 9.88 Å². The van der Waals surface area contributed by atoms with Gasteiger partial charge >= 0.3 is 0 Å². The van der Waals surface area contributed by atoms with Crippen molar-refractivity contribution in [1.29, 1.82) is 0 Å². The van der Waals surface area contributed by atoms with E-state index >= 15 is 4.39 Å². The van der Waals surface area contributed by atoms with Crippen LogP contribution in [0.4, 0.5) is 21.8 Å². The van der Waals surface area contributed by atoms with Crippen LogP contribution in [0.2, 0.25) is 0 Å². The number of hydrogen-bond donors (Lipinski definition) is 1. The van der Waals surface area contributed by atoms with Gasteiger partial charge in [0.15, 0.2) is 11.6 Å². The summed E-state index contributed by atoms with van der Waals surface area (Å²) in [6.45, 7) is 9.38. The molecule has 1 N–H and O–H groups in total. The molecule has 0 spiro atoms. The van der Waals surface area contributed by atoms with E-state index in [-0.39, 0.29) is 28.9 Å². The number of halogens is 1. The summed E-state index contributed by atoms with van der Waals surface area (Å²) in [6.07, 6.45) is 2.90. The minimum absolute atomic E-state index is 0.0126. The van der Waals surface area contributed by atoms with Crippen molar-refractivity contribution in [1.82, 2.24) is 19.9 Å². The van der Waals surface area contributed by atoms with Gasteiger partial charge in [0.2, 0.25) is 5.95 Å². The van der Waals surface area contributed by atoms with Gasteiger partial charge in [-0.1, -0.05) is 24.3 Å². The molecule has 9 heteroatoms. The average Bonchev–Trinajstić information content (AvgIpc) is 2.95. The fourth-order valence-corrected chi connectivity index (χ4v) is 5.92. The molecule has 0 saturated carbocycles. The Morgan fingerprint density at radius 3 is 2.27 bits per heavy atom. The van der Waals surface area contributed by atoms with E-state index in [1.165, 1.54) is 6.20 Å². The molecule has 41 heavy (non-hydrogen) atoms. The third-order valence-corrected chi connectivity index (χ3v) is 8.32. The van der Waals surface area contributed by atoms with Crippen molar-refractivity contribution in [2.75, 3.05) is 31.5 Å². The second-order valence-electron chi connectivity index (χ2n) is 12.0. The molecule has 0 unspecified atom stereocenters. The fourth-order valence-electron chi connectivity index (χ4n) is 5.92. The molecule has 1 aliphatic rings. The van der Waals surface area contributed by atoms with E-state index in [0.717, 1.165) is 29.4 Å². The number of pyridine rings is 1. The molecule has 1 fully saturated rings. The first-order valence-corrected chi connectivity index (χ1v) is 13.9. The monoisotopic (exact) mass is 558 g/mol. The zero-order valence-electron chi connectivity index (χ0n) is 24.9. The van der Waals surface area contributed by atoms with Gasteiger partial charge in [0.05, 0.1) is 38.2 Å². The van der Waals surface area contributed by atoms with Crippen LogP contribution in [-0.2, 0) is 6.54 Å². The lowest BCUT2D eigenvalue weighted by Crippen LogP contribution is -2.62. The number of benzene rings is 2. The predicted octanol–water partition coefficient (Wildman–Crippen LogP) is 6.58. The lowest BCUT2D eigenvalue weighted by atomic mass is 9.77. The Labute approximate surface area is 241 Å². The number of piperidine rings is 1. The number of nitrogens with zero attached hydrogens (tertiary/aromatic N) is 5. The molecule has 3 heterocycles. The molecule has 0 amide bonds. The van der Waals surface area contributed by atoms with Gasteiger partial charge in [-0.05, 0) is 59.7 Å². The van der Waals surface area contributed by atoms with E-state index in [9.17, 15) is 0 Å². The molecule has 8 nitrogen and oxygen atoms in total. The molecule has 0 aliphatic carbocycles. The van der Waals surface area contributed by atoms with Crippen LogP contribution in [0.5, 0.6) is 11.5 Å². The van der Waals surface area contributed by atoms with Crippen LogP contribution in [0.15, 0.2) is 60.8 Å². The molecule has 2 aromatic carbocycles. The highest BCUT2D eigenvalue weighted by atomic mass is 19.1. The number of methoxy groups -OCH3 is 2. The van der Waals surface area contributed by atoms with Crippen LogP contribution in [0.1, 0.15) is 46.2 Å². The Morgan fingerprint density at radius 1 is 0.951 bits per heavy atom. The maximum Gasteiger partial charge on any atom is 0.229 e. The maximum atomic E-state index is 15.7. The second kappa shape index (κ2) is 11.1. The van der Waals surface area contributed by atoms with Crippen LogP contribution < -0.4 is 19.7 Å². The van der Waals surface area contributed by atoms with Crippen LogP contribution in [0.3, 0.4) is 0 Å². The van der Waals surface area contributed by atoms with Gasteiger partial charge < -0.3 is 19.7 Å². The number of fused-ring (bicyclic) bond motifs is 1. The van der Waals surface area contributed by atoms with E-state index in [1.807, 2.05) is 42.5 Å². The SMILES string of the molecule is COc1cc(Nc2ncc(F)c(N(Cc3ccc4ccccc4n3)C3CC(C)(C)N(C)C(C)(C)C3)n2)cc(OC)c1. The quantitative estimate of drug-likeness (QED) is 0.260. The van der Waals surface area contributed by atoms with Gasteiger partial charge in [-0.2, -0.15) is 4.98 Å². The third kappa shape index (κ3) is 6.05. The molecule has 0 atom stereocenters. The molecule has 1 aliphatic heterocycles. The molecule has 4 aromatic rings. The Balaban J connectivity index is 1.55. The van der Waals surface area contributed by atoms with Crippen molar-refractivity contribution in [2.24, 2.45) is 0 Å². The van der Waals surface area contributed by atoms with Gasteiger partial charge in [-0.15, -0.1) is 0 Å². The maximum absolute atomic E-state index is 15.7. The fraction of sp³-hybridized carbons (Fsp3) is 0.406. The Kier molecular flexibility index (Phi) is 7.74. The standard InChI is InChI=1S/C32H39FN6O2/c1-31(2)17-24(18-32(3,4)38(31)5)39(20-22-13-12-21-10-8-9-11-28(21)35-22)29-27(33)19-34-30(37-29)36-23-14-25(40-6)16-26(15-23)41-7/h8-16,19,24H,17-18,20H2,1-7H3,(H,34,36,37). The number of anilines is 3. The Hall–Kier alpha value is -3.98. The summed E-state index contributed by atoms with van der Waals surface area (Å²) in [5, 5.41) is 4.27. The number of rotatable bonds is 8. The highest BCUT2D eigenvalue weighted by Gasteiger charge is 2.45. The van der Waals surface area contributed by atoms with E-state index in [1.54, 1.807) is 20.3 Å². The van der Waals surface area contributed by atoms with Gasteiger partial charge in [0.1, 0.15) is 11.5 Å².